The van der Waals surface area contributed by atoms with Crippen LogP contribution < -0.4 is 9.80 Å². The Labute approximate surface area is 343 Å². The third-order valence-corrected chi connectivity index (χ3v) is 10.9. The summed E-state index contributed by atoms with van der Waals surface area (Å²) in [5.74, 6) is 0.942. The van der Waals surface area contributed by atoms with Crippen molar-refractivity contribution in [2.75, 3.05) is 9.80 Å². The number of hydrogen-bond donors (Lipinski definition) is 1. The number of anilines is 6. The molecule has 278 valence electrons. The van der Waals surface area contributed by atoms with E-state index in [0.29, 0.717) is 11.2 Å². The van der Waals surface area contributed by atoms with Crippen LogP contribution in [-0.4, -0.2) is 15.1 Å². The Kier molecular flexibility index (Phi) is 9.60. The number of benzene rings is 6. The number of phenolic OH excluding ortho intramolecular Hbond substituents is 1. The third kappa shape index (κ3) is 6.26. The number of pyridine rings is 2. The summed E-state index contributed by atoms with van der Waals surface area (Å²) >= 11 is 0. The molecule has 0 unspecified atom stereocenters. The summed E-state index contributed by atoms with van der Waals surface area (Å²) < 4.78 is 0. The molecular formula is C50H41N4OPt-. The zero-order valence-electron chi connectivity index (χ0n) is 32.0. The number of nitrogens with zero attached hydrogens (tertiary/aromatic N) is 4. The predicted molar refractivity (Wildman–Crippen MR) is 227 cm³/mol. The Morgan fingerprint density at radius 3 is 2.04 bits per heavy atom. The summed E-state index contributed by atoms with van der Waals surface area (Å²) in [6, 6.07) is 54.0. The van der Waals surface area contributed by atoms with Crippen molar-refractivity contribution in [1.82, 2.24) is 9.97 Å². The summed E-state index contributed by atoms with van der Waals surface area (Å²) in [6.07, 6.45) is 1.91. The summed E-state index contributed by atoms with van der Waals surface area (Å²) in [6.45, 7) is 11.1. The second-order valence-corrected chi connectivity index (χ2v) is 15.0. The molecule has 1 aliphatic heterocycles. The average molecular weight is 909 g/mol. The van der Waals surface area contributed by atoms with Crippen LogP contribution in [0.2, 0.25) is 0 Å². The molecule has 8 aromatic rings. The van der Waals surface area contributed by atoms with E-state index in [1.165, 1.54) is 27.8 Å². The van der Waals surface area contributed by atoms with Gasteiger partial charge in [-0.1, -0.05) is 110 Å². The maximum Gasteiger partial charge on any atom is 0.140 e. The number of fused-ring (bicyclic) bond motifs is 3. The molecule has 1 aliphatic rings. The van der Waals surface area contributed by atoms with E-state index in [2.05, 4.69) is 141 Å². The van der Waals surface area contributed by atoms with Gasteiger partial charge in [-0.3, -0.25) is 4.98 Å². The molecule has 56 heavy (non-hydrogen) atoms. The summed E-state index contributed by atoms with van der Waals surface area (Å²) in [5.41, 5.74) is 15.1. The molecule has 0 bridgehead atoms. The van der Waals surface area contributed by atoms with E-state index in [1.54, 1.807) is 6.07 Å². The molecule has 0 saturated heterocycles. The van der Waals surface area contributed by atoms with Crippen molar-refractivity contribution in [2.24, 2.45) is 0 Å². The van der Waals surface area contributed by atoms with Crippen LogP contribution >= 0.6 is 0 Å². The molecule has 6 heteroatoms. The molecule has 9 rings (SSSR count). The molecule has 0 saturated carbocycles. The minimum absolute atomic E-state index is 0. The van der Waals surface area contributed by atoms with E-state index in [0.717, 1.165) is 56.3 Å². The fourth-order valence-corrected chi connectivity index (χ4v) is 8.46. The van der Waals surface area contributed by atoms with Gasteiger partial charge >= 0.3 is 0 Å². The van der Waals surface area contributed by atoms with Crippen LogP contribution in [0.15, 0.2) is 152 Å². The first kappa shape index (κ1) is 36.9. The second kappa shape index (κ2) is 14.6. The van der Waals surface area contributed by atoms with Crippen LogP contribution in [0.1, 0.15) is 41.7 Å². The average Bonchev–Trinajstić information content (AvgIpc) is 3.19. The van der Waals surface area contributed by atoms with Crippen molar-refractivity contribution in [3.63, 3.8) is 0 Å². The van der Waals surface area contributed by atoms with Crippen molar-refractivity contribution in [1.29, 1.82) is 0 Å². The van der Waals surface area contributed by atoms with E-state index in [-0.39, 0.29) is 32.2 Å². The first-order valence-corrected chi connectivity index (χ1v) is 18.7. The fourth-order valence-electron chi connectivity index (χ4n) is 8.46. The van der Waals surface area contributed by atoms with E-state index >= 15 is 0 Å². The van der Waals surface area contributed by atoms with E-state index in [4.69, 9.17) is 9.97 Å². The number of para-hydroxylation sites is 4. The Bertz CT molecular complexity index is 2680. The van der Waals surface area contributed by atoms with Gasteiger partial charge in [-0.25, -0.2) is 4.98 Å². The maximum atomic E-state index is 11.3. The third-order valence-electron chi connectivity index (χ3n) is 10.9. The van der Waals surface area contributed by atoms with Crippen molar-refractivity contribution in [3.05, 3.63) is 186 Å². The smallest absolute Gasteiger partial charge is 0.140 e. The zero-order valence-corrected chi connectivity index (χ0v) is 34.3. The fraction of sp³-hybridized carbons (Fsp3) is 0.120. The zero-order chi connectivity index (χ0) is 37.8. The number of phenols is 1. The van der Waals surface area contributed by atoms with Gasteiger partial charge in [0.15, 0.2) is 0 Å². The molecule has 0 fully saturated rings. The molecule has 2 aromatic heterocycles. The van der Waals surface area contributed by atoms with E-state index in [1.807, 2.05) is 54.7 Å². The minimum Gasteiger partial charge on any atom is -0.506 e. The van der Waals surface area contributed by atoms with Crippen LogP contribution in [0.3, 0.4) is 0 Å². The van der Waals surface area contributed by atoms with Crippen LogP contribution in [0, 0.1) is 26.8 Å². The van der Waals surface area contributed by atoms with Crippen molar-refractivity contribution < 1.29 is 26.2 Å². The van der Waals surface area contributed by atoms with Crippen LogP contribution in [-0.2, 0) is 26.5 Å². The summed E-state index contributed by atoms with van der Waals surface area (Å²) in [5, 5.41) is 12.2. The summed E-state index contributed by atoms with van der Waals surface area (Å²) in [7, 11) is 0. The van der Waals surface area contributed by atoms with Gasteiger partial charge in [0.05, 0.1) is 0 Å². The van der Waals surface area contributed by atoms with Crippen molar-refractivity contribution >= 4 is 45.2 Å². The SMILES string of the molecule is Cc1cc(C)c(-c2ccnc(N3c4[c-]c(-c5cc(N(c6ccccc6)c6ccccc6)c6cccc(O)c6n5)ccc4C(C)(C)c4ccccc43)c2)c(C)c1.[Pt]. The Hall–Kier alpha value is -6.03. The molecule has 0 amide bonds. The molecule has 0 aliphatic carbocycles. The van der Waals surface area contributed by atoms with Gasteiger partial charge in [0.1, 0.15) is 17.1 Å². The molecule has 1 N–H and O–H groups in total. The Balaban J connectivity index is 0.00000441. The van der Waals surface area contributed by atoms with Gasteiger partial charge < -0.3 is 14.9 Å². The van der Waals surface area contributed by atoms with Crippen molar-refractivity contribution in [3.8, 4) is 28.1 Å². The number of hydrogen-bond acceptors (Lipinski definition) is 5. The second-order valence-electron chi connectivity index (χ2n) is 15.0. The topological polar surface area (TPSA) is 52.5 Å². The van der Waals surface area contributed by atoms with Gasteiger partial charge in [-0.05, 0) is 114 Å². The van der Waals surface area contributed by atoms with Gasteiger partial charge in [-0.15, -0.1) is 23.8 Å². The summed E-state index contributed by atoms with van der Waals surface area (Å²) in [4.78, 5) is 14.6. The number of aromatic hydroxyl groups is 1. The normalized spacial score (nSPS) is 12.8. The number of aryl methyl sites for hydroxylation is 3. The molecule has 5 nitrogen and oxygen atoms in total. The van der Waals surface area contributed by atoms with Gasteiger partial charge in [0.2, 0.25) is 0 Å². The Morgan fingerprint density at radius 1 is 0.679 bits per heavy atom. The monoisotopic (exact) mass is 908 g/mol. The van der Waals surface area contributed by atoms with Gasteiger partial charge in [0.25, 0.3) is 0 Å². The molecule has 0 atom stereocenters. The predicted octanol–water partition coefficient (Wildman–Crippen LogP) is 13.0. The van der Waals surface area contributed by atoms with Crippen LogP contribution in [0.25, 0.3) is 33.3 Å². The Morgan fingerprint density at radius 2 is 1.34 bits per heavy atom. The molecule has 0 spiro atoms. The van der Waals surface area contributed by atoms with Crippen LogP contribution in [0.5, 0.6) is 5.75 Å². The van der Waals surface area contributed by atoms with E-state index in [9.17, 15) is 5.11 Å². The first-order chi connectivity index (χ1) is 26.7. The van der Waals surface area contributed by atoms with Crippen molar-refractivity contribution in [2.45, 2.75) is 40.0 Å². The number of aromatic nitrogens is 2. The molecular weight excluding hydrogens is 868 g/mol. The first-order valence-electron chi connectivity index (χ1n) is 18.7. The molecule has 6 aromatic carbocycles. The molecule has 0 radical (unpaired) electrons. The largest absolute Gasteiger partial charge is 0.506 e. The standard InChI is InChI=1S/C50H41N4O.Pt/c1-32-27-33(2)48(34(3)28-32)36-25-26-51-47(30-36)54-43-21-13-12-20-40(43)50(4,5)41-24-23-35(29-45(41)54)42-31-44(39-19-14-22-46(55)49(39)52-42)53(37-15-8-6-9-16-37)38-17-10-7-11-18-38;/h6-28,30-31,55H,1-5H3;/q-1;. The molecule has 3 heterocycles. The quantitative estimate of drug-likeness (QED) is 0.169. The van der Waals surface area contributed by atoms with Crippen LogP contribution in [0.4, 0.5) is 34.3 Å². The minimum atomic E-state index is -0.309. The van der Waals surface area contributed by atoms with Gasteiger partial charge in [-0.2, -0.15) is 0 Å². The number of rotatable bonds is 6. The van der Waals surface area contributed by atoms with Gasteiger partial charge in [0, 0.05) is 55.4 Å². The maximum absolute atomic E-state index is 11.3. The van der Waals surface area contributed by atoms with E-state index < -0.39 is 0 Å².